The number of thioether (sulfide) groups is 1. The molecule has 0 N–H and O–H groups in total. The molecule has 8 heteroatoms. The zero-order chi connectivity index (χ0) is 32.8. The molecule has 244 valence electrons. The highest BCUT2D eigenvalue weighted by molar-refractivity contribution is 8.03. The second-order valence-corrected chi connectivity index (χ2v) is 16.7. The van der Waals surface area contributed by atoms with Crippen molar-refractivity contribution in [3.63, 3.8) is 0 Å². The van der Waals surface area contributed by atoms with Crippen molar-refractivity contribution in [1.29, 1.82) is 0 Å². The first-order valence-corrected chi connectivity index (χ1v) is 20.1. The van der Waals surface area contributed by atoms with Crippen LogP contribution in [0, 0.1) is 5.92 Å². The van der Waals surface area contributed by atoms with Gasteiger partial charge in [0.25, 0.3) is 5.01 Å². The quantitative estimate of drug-likeness (QED) is 0.0922. The van der Waals surface area contributed by atoms with Gasteiger partial charge in [-0.15, -0.1) is 0 Å². The maximum absolute atomic E-state index is 11.3. The Hall–Kier alpha value is -3.69. The molecule has 8 rings (SSSR count). The van der Waals surface area contributed by atoms with E-state index in [9.17, 15) is 13.0 Å². The molecular formula is C40H38N2O3S3. The Balaban J connectivity index is 1.11. The maximum Gasteiger partial charge on any atom is 0.263 e. The van der Waals surface area contributed by atoms with Crippen molar-refractivity contribution in [2.45, 2.75) is 56.9 Å². The molecule has 0 bridgehead atoms. The second kappa shape index (κ2) is 13.0. The molecule has 0 radical (unpaired) electrons. The summed E-state index contributed by atoms with van der Waals surface area (Å²) in [6.07, 6.45) is 15.1. The highest BCUT2D eigenvalue weighted by Crippen LogP contribution is 2.48. The molecule has 0 spiro atoms. The first-order valence-electron chi connectivity index (χ1n) is 16.9. The fraction of sp³-hybridized carbons (Fsp3) is 0.275. The Bertz CT molecular complexity index is 2310. The predicted molar refractivity (Wildman–Crippen MR) is 200 cm³/mol. The normalized spacial score (nSPS) is 19.7. The molecule has 2 heterocycles. The summed E-state index contributed by atoms with van der Waals surface area (Å²) in [4.78, 5) is 3.79. The fourth-order valence-electron chi connectivity index (χ4n) is 7.45. The van der Waals surface area contributed by atoms with Gasteiger partial charge in [0.1, 0.15) is 4.70 Å². The van der Waals surface area contributed by atoms with Crippen LogP contribution in [0.2, 0.25) is 0 Å². The summed E-state index contributed by atoms with van der Waals surface area (Å²) < 4.78 is 37.3. The molecule has 5 aromatic rings. The van der Waals surface area contributed by atoms with Gasteiger partial charge in [-0.05, 0) is 107 Å². The minimum absolute atomic E-state index is 0.315. The lowest BCUT2D eigenvalue weighted by atomic mass is 9.77. The third-order valence-corrected chi connectivity index (χ3v) is 12.9. The topological polar surface area (TPSA) is 64.3 Å². The SMILES string of the molecule is CCN1/C(=C/C2=CC3=C/C(=C/c4sc5cc6ccccc6cc5[n+]4CCCCS(=O)(=O)[O-])CCC3CC2)Sc2cc3ccccc3cc21. The number of unbranched alkanes of at least 4 members (excludes halogenated alkanes) is 1. The van der Waals surface area contributed by atoms with Crippen molar-refractivity contribution < 1.29 is 17.5 Å². The van der Waals surface area contributed by atoms with Crippen molar-refractivity contribution >= 4 is 76.7 Å². The molecule has 1 unspecified atom stereocenters. The van der Waals surface area contributed by atoms with E-state index in [4.69, 9.17) is 0 Å². The number of fused-ring (bicyclic) bond motifs is 5. The van der Waals surface area contributed by atoms with E-state index < -0.39 is 10.1 Å². The fourth-order valence-corrected chi connectivity index (χ4v) is 10.4. The van der Waals surface area contributed by atoms with Crippen LogP contribution in [0.1, 0.15) is 50.5 Å². The van der Waals surface area contributed by atoms with Crippen LogP contribution in [0.4, 0.5) is 5.69 Å². The van der Waals surface area contributed by atoms with Crippen LogP contribution in [0.5, 0.6) is 0 Å². The molecule has 4 aromatic carbocycles. The smallest absolute Gasteiger partial charge is 0.263 e. The van der Waals surface area contributed by atoms with Crippen LogP contribution in [-0.4, -0.2) is 25.3 Å². The van der Waals surface area contributed by atoms with Gasteiger partial charge in [0, 0.05) is 35.8 Å². The van der Waals surface area contributed by atoms with Crippen LogP contribution in [0.25, 0.3) is 37.8 Å². The van der Waals surface area contributed by atoms with Gasteiger partial charge in [-0.2, -0.15) is 4.57 Å². The molecule has 0 saturated heterocycles. The third-order valence-electron chi connectivity index (χ3n) is 9.90. The largest absolute Gasteiger partial charge is 0.748 e. The first-order chi connectivity index (χ1) is 23.3. The molecule has 1 aromatic heterocycles. The molecule has 0 saturated carbocycles. The number of benzene rings is 4. The molecule has 5 nitrogen and oxygen atoms in total. The summed E-state index contributed by atoms with van der Waals surface area (Å²) in [5.74, 6) is 0.282. The maximum atomic E-state index is 11.3. The lowest BCUT2D eigenvalue weighted by molar-refractivity contribution is -0.669. The Morgan fingerprint density at radius 3 is 2.35 bits per heavy atom. The van der Waals surface area contributed by atoms with Crippen LogP contribution < -0.4 is 9.47 Å². The number of aromatic nitrogens is 1. The number of rotatable bonds is 8. The monoisotopic (exact) mass is 690 g/mol. The van der Waals surface area contributed by atoms with Gasteiger partial charge < -0.3 is 9.45 Å². The van der Waals surface area contributed by atoms with Crippen LogP contribution in [0.15, 0.2) is 118 Å². The van der Waals surface area contributed by atoms with Gasteiger partial charge in [-0.25, -0.2) is 8.42 Å². The number of thiazole rings is 1. The Kier molecular flexibility index (Phi) is 8.53. The number of hydrogen-bond acceptors (Lipinski definition) is 6. The van der Waals surface area contributed by atoms with Gasteiger partial charge in [0.2, 0.25) is 5.52 Å². The highest BCUT2D eigenvalue weighted by atomic mass is 32.2. The van der Waals surface area contributed by atoms with Gasteiger partial charge >= 0.3 is 0 Å². The molecule has 3 aliphatic rings. The molecule has 1 aliphatic heterocycles. The number of allylic oxidation sites excluding steroid dienone is 6. The average Bonchev–Trinajstić information content (AvgIpc) is 3.58. The van der Waals surface area contributed by atoms with Crippen LogP contribution in [0.3, 0.4) is 0 Å². The van der Waals surface area contributed by atoms with Crippen LogP contribution >= 0.6 is 23.1 Å². The van der Waals surface area contributed by atoms with Crippen molar-refractivity contribution in [3.05, 3.63) is 118 Å². The Morgan fingerprint density at radius 1 is 0.896 bits per heavy atom. The summed E-state index contributed by atoms with van der Waals surface area (Å²) in [5.41, 5.74) is 6.63. The second-order valence-electron chi connectivity index (χ2n) is 13.1. The average molecular weight is 691 g/mol. The van der Waals surface area contributed by atoms with E-state index in [0.29, 0.717) is 25.3 Å². The van der Waals surface area contributed by atoms with Crippen molar-refractivity contribution in [3.8, 4) is 0 Å². The van der Waals surface area contributed by atoms with E-state index in [-0.39, 0.29) is 5.75 Å². The molecular weight excluding hydrogens is 653 g/mol. The highest BCUT2D eigenvalue weighted by Gasteiger charge is 2.28. The van der Waals surface area contributed by atoms with Crippen molar-refractivity contribution in [2.75, 3.05) is 17.2 Å². The Morgan fingerprint density at radius 2 is 1.60 bits per heavy atom. The van der Waals surface area contributed by atoms with E-state index in [1.165, 1.54) is 70.0 Å². The zero-order valence-corrected chi connectivity index (χ0v) is 29.5. The number of nitrogens with zero attached hydrogens (tertiary/aromatic N) is 2. The van der Waals surface area contributed by atoms with Crippen molar-refractivity contribution in [1.82, 2.24) is 0 Å². The lowest BCUT2D eigenvalue weighted by Gasteiger charge is -2.28. The van der Waals surface area contributed by atoms with E-state index >= 15 is 0 Å². The Labute approximate surface area is 290 Å². The molecule has 2 aliphatic carbocycles. The van der Waals surface area contributed by atoms with Crippen molar-refractivity contribution in [2.24, 2.45) is 5.92 Å². The summed E-state index contributed by atoms with van der Waals surface area (Å²) in [6, 6.07) is 26.2. The minimum atomic E-state index is -4.21. The van der Waals surface area contributed by atoms with Crippen LogP contribution in [-0.2, 0) is 16.7 Å². The first kappa shape index (κ1) is 31.6. The predicted octanol–water partition coefficient (Wildman–Crippen LogP) is 9.73. The minimum Gasteiger partial charge on any atom is -0.748 e. The summed E-state index contributed by atoms with van der Waals surface area (Å²) in [5, 5.41) is 7.45. The molecule has 0 fully saturated rings. The van der Waals surface area contributed by atoms with Gasteiger partial charge in [0.15, 0.2) is 6.54 Å². The zero-order valence-electron chi connectivity index (χ0n) is 27.0. The van der Waals surface area contributed by atoms with E-state index in [0.717, 1.165) is 31.3 Å². The molecule has 1 atom stereocenters. The lowest BCUT2D eigenvalue weighted by Crippen LogP contribution is -2.35. The van der Waals surface area contributed by atoms with E-state index in [2.05, 4.69) is 113 Å². The van der Waals surface area contributed by atoms with Gasteiger partial charge in [0.05, 0.1) is 20.8 Å². The standard InChI is InChI=1S/C40H38N2O3S3/c1-2-41-35-23-30-9-3-5-11-32(30)25-37(35)46-39(41)21-27-13-15-29-16-14-28(20-34(29)19-27)22-40-42(17-7-8-18-48(43,44)45)36-24-31-10-4-6-12-33(31)26-38(36)47-40/h3-6,9-12,19-26,29H,2,7-8,13-18H2,1H3. The van der Waals surface area contributed by atoms with Gasteiger partial charge in [-0.3, -0.25) is 0 Å². The van der Waals surface area contributed by atoms with E-state index in [1.54, 1.807) is 11.3 Å². The number of hydrogen-bond donors (Lipinski definition) is 0. The third kappa shape index (κ3) is 6.39. The van der Waals surface area contributed by atoms with Gasteiger partial charge in [-0.1, -0.05) is 83.8 Å². The number of aryl methyl sites for hydroxylation is 1. The summed E-state index contributed by atoms with van der Waals surface area (Å²) in [7, 11) is -4.21. The number of anilines is 1. The molecule has 0 amide bonds. The summed E-state index contributed by atoms with van der Waals surface area (Å²) >= 11 is 3.67. The van der Waals surface area contributed by atoms with E-state index in [1.807, 2.05) is 11.8 Å². The molecule has 48 heavy (non-hydrogen) atoms. The summed E-state index contributed by atoms with van der Waals surface area (Å²) in [6.45, 7) is 3.85.